The average Bonchev–Trinajstić information content (AvgIpc) is 2.36. The molecule has 0 aliphatic heterocycles. The van der Waals surface area contributed by atoms with Gasteiger partial charge in [-0.2, -0.15) is 11.8 Å². The van der Waals surface area contributed by atoms with E-state index in [1.807, 2.05) is 11.8 Å². The van der Waals surface area contributed by atoms with Crippen molar-refractivity contribution in [2.45, 2.75) is 68.4 Å². The molecule has 0 radical (unpaired) electrons. The first-order chi connectivity index (χ1) is 9.04. The molecule has 3 N–H and O–H groups in total. The largest absolute Gasteiger partial charge is 0.480 e. The maximum atomic E-state index is 11.6. The van der Waals surface area contributed by atoms with Crippen LogP contribution >= 0.6 is 11.8 Å². The number of hydrogen-bond donors (Lipinski definition) is 3. The molecule has 0 amide bonds. The van der Waals surface area contributed by atoms with E-state index in [2.05, 4.69) is 19.2 Å². The topological polar surface area (TPSA) is 69.6 Å². The second-order valence-corrected chi connectivity index (χ2v) is 7.23. The highest BCUT2D eigenvalue weighted by molar-refractivity contribution is 8.00. The van der Waals surface area contributed by atoms with E-state index >= 15 is 0 Å². The van der Waals surface area contributed by atoms with E-state index in [-0.39, 0.29) is 6.61 Å². The van der Waals surface area contributed by atoms with Gasteiger partial charge < -0.3 is 15.5 Å². The van der Waals surface area contributed by atoms with Crippen LogP contribution in [-0.2, 0) is 4.79 Å². The van der Waals surface area contributed by atoms with Gasteiger partial charge in [0, 0.05) is 17.1 Å². The SMILES string of the molecule is CCCNC1(C(=O)O)CCCC(SC(C)CCO)C1. The monoisotopic (exact) mass is 289 g/mol. The van der Waals surface area contributed by atoms with Crippen molar-refractivity contribution in [2.75, 3.05) is 13.2 Å². The number of aliphatic carboxylic acids is 1. The molecular formula is C14H27NO3S. The molecule has 3 atom stereocenters. The molecule has 0 saturated heterocycles. The summed E-state index contributed by atoms with van der Waals surface area (Å²) in [6, 6.07) is 0. The number of rotatable bonds is 8. The minimum atomic E-state index is -0.731. The molecule has 0 heterocycles. The van der Waals surface area contributed by atoms with Crippen LogP contribution in [-0.4, -0.2) is 45.4 Å². The number of carbonyl (C=O) groups is 1. The summed E-state index contributed by atoms with van der Waals surface area (Å²) >= 11 is 1.83. The Labute approximate surface area is 120 Å². The van der Waals surface area contributed by atoms with Crippen molar-refractivity contribution in [3.8, 4) is 0 Å². The highest BCUT2D eigenvalue weighted by atomic mass is 32.2. The molecular weight excluding hydrogens is 262 g/mol. The molecule has 0 aromatic carbocycles. The zero-order chi connectivity index (χ0) is 14.3. The van der Waals surface area contributed by atoms with Gasteiger partial charge in [0.05, 0.1) is 0 Å². The number of hydrogen-bond acceptors (Lipinski definition) is 4. The summed E-state index contributed by atoms with van der Waals surface area (Å²) in [7, 11) is 0. The molecule has 1 aliphatic carbocycles. The van der Waals surface area contributed by atoms with Crippen LogP contribution in [0.2, 0.25) is 0 Å². The highest BCUT2D eigenvalue weighted by Crippen LogP contribution is 2.37. The van der Waals surface area contributed by atoms with Crippen molar-refractivity contribution in [1.82, 2.24) is 5.32 Å². The van der Waals surface area contributed by atoms with Crippen LogP contribution in [0, 0.1) is 0 Å². The third-order valence-electron chi connectivity index (χ3n) is 3.79. The van der Waals surface area contributed by atoms with Crippen molar-refractivity contribution in [3.63, 3.8) is 0 Å². The zero-order valence-corrected chi connectivity index (χ0v) is 12.8. The molecule has 4 nitrogen and oxygen atoms in total. The maximum Gasteiger partial charge on any atom is 0.323 e. The Morgan fingerprint density at radius 3 is 2.89 bits per heavy atom. The first-order valence-electron chi connectivity index (χ1n) is 7.29. The summed E-state index contributed by atoms with van der Waals surface area (Å²) in [5.74, 6) is -0.707. The molecule has 1 aliphatic rings. The van der Waals surface area contributed by atoms with Crippen molar-refractivity contribution >= 4 is 17.7 Å². The molecule has 0 aromatic rings. The molecule has 0 aromatic heterocycles. The minimum Gasteiger partial charge on any atom is -0.480 e. The lowest BCUT2D eigenvalue weighted by Gasteiger charge is -2.39. The molecule has 19 heavy (non-hydrogen) atoms. The fraction of sp³-hybridized carbons (Fsp3) is 0.929. The summed E-state index contributed by atoms with van der Waals surface area (Å²) in [6.07, 6.45) is 5.21. The Hall–Kier alpha value is -0.260. The van der Waals surface area contributed by atoms with Gasteiger partial charge in [-0.25, -0.2) is 0 Å². The Kier molecular flexibility index (Phi) is 7.18. The average molecular weight is 289 g/mol. The molecule has 0 bridgehead atoms. The third-order valence-corrected chi connectivity index (χ3v) is 5.28. The molecule has 1 saturated carbocycles. The Morgan fingerprint density at radius 2 is 2.32 bits per heavy atom. The summed E-state index contributed by atoms with van der Waals surface area (Å²) in [6.45, 7) is 5.13. The van der Waals surface area contributed by atoms with E-state index in [1.54, 1.807) is 0 Å². The van der Waals surface area contributed by atoms with Gasteiger partial charge in [0.1, 0.15) is 5.54 Å². The van der Waals surface area contributed by atoms with Gasteiger partial charge in [0.15, 0.2) is 0 Å². The molecule has 0 spiro atoms. The minimum absolute atomic E-state index is 0.207. The predicted molar refractivity (Wildman–Crippen MR) is 79.7 cm³/mol. The zero-order valence-electron chi connectivity index (χ0n) is 12.0. The standard InChI is InChI=1S/C14H27NO3S/c1-3-8-15-14(13(17)18)7-4-5-12(10-14)19-11(2)6-9-16/h11-12,15-16H,3-10H2,1-2H3,(H,17,18). The van der Waals surface area contributed by atoms with Crippen LogP contribution in [0.15, 0.2) is 0 Å². The third kappa shape index (κ3) is 4.97. The first-order valence-corrected chi connectivity index (χ1v) is 8.23. The number of nitrogens with one attached hydrogen (secondary N) is 1. The van der Waals surface area contributed by atoms with Crippen LogP contribution in [0.5, 0.6) is 0 Å². The molecule has 3 unspecified atom stereocenters. The molecule has 5 heteroatoms. The van der Waals surface area contributed by atoms with Crippen molar-refractivity contribution < 1.29 is 15.0 Å². The summed E-state index contributed by atoms with van der Waals surface area (Å²) in [5.41, 5.74) is -0.731. The van der Waals surface area contributed by atoms with Crippen LogP contribution in [0.25, 0.3) is 0 Å². The quantitative estimate of drug-likeness (QED) is 0.639. The van der Waals surface area contributed by atoms with E-state index in [0.717, 1.165) is 38.6 Å². The maximum absolute atomic E-state index is 11.6. The van der Waals surface area contributed by atoms with Gasteiger partial charge in [-0.15, -0.1) is 0 Å². The Bertz CT molecular complexity index is 288. The number of carboxylic acid groups (broad SMARTS) is 1. The fourth-order valence-corrected chi connectivity index (χ4v) is 4.30. The van der Waals surface area contributed by atoms with Gasteiger partial charge in [-0.3, -0.25) is 4.79 Å². The lowest BCUT2D eigenvalue weighted by atomic mass is 9.81. The van der Waals surface area contributed by atoms with E-state index in [0.29, 0.717) is 16.9 Å². The van der Waals surface area contributed by atoms with E-state index < -0.39 is 11.5 Å². The molecule has 112 valence electrons. The number of carboxylic acids is 1. The second-order valence-electron chi connectivity index (χ2n) is 5.49. The highest BCUT2D eigenvalue weighted by Gasteiger charge is 2.42. The molecule has 1 fully saturated rings. The van der Waals surface area contributed by atoms with Crippen molar-refractivity contribution in [2.24, 2.45) is 0 Å². The summed E-state index contributed by atoms with van der Waals surface area (Å²) in [4.78, 5) is 11.6. The summed E-state index contributed by atoms with van der Waals surface area (Å²) < 4.78 is 0. The van der Waals surface area contributed by atoms with Crippen LogP contribution in [0.1, 0.15) is 52.4 Å². The number of thioether (sulfide) groups is 1. The van der Waals surface area contributed by atoms with E-state index in [1.165, 1.54) is 0 Å². The van der Waals surface area contributed by atoms with Gasteiger partial charge in [0.2, 0.25) is 0 Å². The lowest BCUT2D eigenvalue weighted by Crippen LogP contribution is -2.55. The Balaban J connectivity index is 2.60. The smallest absolute Gasteiger partial charge is 0.323 e. The van der Waals surface area contributed by atoms with Gasteiger partial charge in [0.25, 0.3) is 0 Å². The second kappa shape index (κ2) is 8.12. The summed E-state index contributed by atoms with van der Waals surface area (Å²) in [5, 5.41) is 22.5. The van der Waals surface area contributed by atoms with Gasteiger partial charge in [-0.1, -0.05) is 13.8 Å². The predicted octanol–water partition coefficient (Wildman–Crippen LogP) is 2.26. The van der Waals surface area contributed by atoms with Crippen molar-refractivity contribution in [1.29, 1.82) is 0 Å². The number of aliphatic hydroxyl groups excluding tert-OH is 1. The van der Waals surface area contributed by atoms with Crippen LogP contribution in [0.4, 0.5) is 0 Å². The fourth-order valence-electron chi connectivity index (χ4n) is 2.71. The number of aliphatic hydroxyl groups is 1. The lowest BCUT2D eigenvalue weighted by molar-refractivity contribution is -0.146. The first kappa shape index (κ1) is 16.8. The van der Waals surface area contributed by atoms with Gasteiger partial charge >= 0.3 is 5.97 Å². The normalized spacial score (nSPS) is 29.1. The van der Waals surface area contributed by atoms with E-state index in [9.17, 15) is 9.90 Å². The van der Waals surface area contributed by atoms with Gasteiger partial charge in [-0.05, 0) is 45.1 Å². The van der Waals surface area contributed by atoms with E-state index in [4.69, 9.17) is 5.11 Å². The van der Waals surface area contributed by atoms with Crippen LogP contribution < -0.4 is 5.32 Å². The molecule has 1 rings (SSSR count). The van der Waals surface area contributed by atoms with Crippen molar-refractivity contribution in [3.05, 3.63) is 0 Å². The van der Waals surface area contributed by atoms with Crippen LogP contribution in [0.3, 0.4) is 0 Å². The Morgan fingerprint density at radius 1 is 1.58 bits per heavy atom.